The Morgan fingerprint density at radius 1 is 1.19 bits per heavy atom. The van der Waals surface area contributed by atoms with Crippen molar-refractivity contribution in [2.24, 2.45) is 23.7 Å². The predicted octanol–water partition coefficient (Wildman–Crippen LogP) is 0.876. The number of carbonyl (C=O) groups excluding carboxylic acids is 2. The van der Waals surface area contributed by atoms with Crippen molar-refractivity contribution in [2.75, 3.05) is 4.90 Å². The predicted molar refractivity (Wildman–Crippen MR) is 90.7 cm³/mol. The number of benzene rings is 1. The molecular weight excluding hydrogens is 354 g/mol. The number of nitro benzene ring substituents is 1. The highest BCUT2D eigenvalue weighted by Gasteiger charge is 2.76. The van der Waals surface area contributed by atoms with Gasteiger partial charge in [-0.3, -0.25) is 24.6 Å². The van der Waals surface area contributed by atoms with Gasteiger partial charge in [0.15, 0.2) is 0 Å². The van der Waals surface area contributed by atoms with Crippen LogP contribution in [0.15, 0.2) is 24.3 Å². The molecule has 2 amide bonds. The first kappa shape index (κ1) is 16.2. The monoisotopic (exact) mass is 371 g/mol. The van der Waals surface area contributed by atoms with E-state index < -0.39 is 40.6 Å². The van der Waals surface area contributed by atoms with Crippen LogP contribution in [0.3, 0.4) is 0 Å². The number of rotatable bonds is 4. The van der Waals surface area contributed by atoms with Gasteiger partial charge in [-0.05, 0) is 31.2 Å². The van der Waals surface area contributed by atoms with Crippen molar-refractivity contribution in [1.82, 2.24) is 4.90 Å². The number of fused-ring (bicyclic) bond motifs is 8. The van der Waals surface area contributed by atoms with Gasteiger partial charge >= 0.3 is 5.97 Å². The summed E-state index contributed by atoms with van der Waals surface area (Å²) in [6.45, 7) is 1.35. The molecule has 2 saturated heterocycles. The van der Waals surface area contributed by atoms with Crippen molar-refractivity contribution in [3.8, 4) is 0 Å². The lowest BCUT2D eigenvalue weighted by molar-refractivity contribution is -0.384. The number of carboxylic acids is 1. The summed E-state index contributed by atoms with van der Waals surface area (Å²) >= 11 is 0. The molecule has 4 aliphatic rings. The van der Waals surface area contributed by atoms with Crippen molar-refractivity contribution >= 4 is 29.2 Å². The highest BCUT2D eigenvalue weighted by molar-refractivity contribution is 6.09. The molecule has 0 radical (unpaired) electrons. The molecule has 7 unspecified atom stereocenters. The molecule has 1 N–H and O–H groups in total. The van der Waals surface area contributed by atoms with Gasteiger partial charge in [-0.25, -0.2) is 4.79 Å². The van der Waals surface area contributed by atoms with Gasteiger partial charge < -0.3 is 10.0 Å². The Labute approximate surface area is 153 Å². The van der Waals surface area contributed by atoms with Gasteiger partial charge in [-0.15, -0.1) is 0 Å². The van der Waals surface area contributed by atoms with Gasteiger partial charge in [0.25, 0.3) is 5.69 Å². The molecule has 2 saturated carbocycles. The number of imide groups is 1. The summed E-state index contributed by atoms with van der Waals surface area (Å²) in [6, 6.07) is 5.36. The van der Waals surface area contributed by atoms with Gasteiger partial charge in [-0.1, -0.05) is 12.1 Å². The van der Waals surface area contributed by atoms with Crippen LogP contribution in [0.2, 0.25) is 0 Å². The van der Waals surface area contributed by atoms with Crippen LogP contribution in [0.5, 0.6) is 0 Å². The maximum Gasteiger partial charge on any atom is 0.326 e. The van der Waals surface area contributed by atoms with Gasteiger partial charge in [-0.2, -0.15) is 0 Å². The first-order valence-electron chi connectivity index (χ1n) is 8.96. The van der Waals surface area contributed by atoms with E-state index in [0.717, 1.165) is 11.3 Å². The number of nitrogens with zero attached hydrogens (tertiary/aromatic N) is 3. The minimum atomic E-state index is -1.20. The number of para-hydroxylation sites is 2. The minimum Gasteiger partial charge on any atom is -0.480 e. The van der Waals surface area contributed by atoms with Crippen LogP contribution < -0.4 is 4.90 Å². The molecule has 5 rings (SSSR count). The maximum absolute atomic E-state index is 12.8. The standard InChI is InChI=1S/C18H17N3O6/c1-7(18(24)25)19-16(22)12-8-6-9(13(12)17(19)23)15-14(8)20(15)10-4-2-3-5-11(10)21(26)27/h2-5,7-9,12-15H,6H2,1H3,(H,24,25). The molecule has 4 fully saturated rings. The molecule has 9 nitrogen and oxygen atoms in total. The van der Waals surface area contributed by atoms with E-state index in [1.807, 2.05) is 4.90 Å². The third kappa shape index (κ3) is 1.86. The molecule has 27 heavy (non-hydrogen) atoms. The zero-order valence-corrected chi connectivity index (χ0v) is 14.4. The number of likely N-dealkylation sites (tertiary alicyclic amines) is 1. The number of amides is 2. The Balaban J connectivity index is 1.47. The SMILES string of the molecule is CC(C(=O)O)N1C(=O)C2C3CC(C2C1=O)C1C3N1c1ccccc1[N+](=O)[O-]. The molecule has 0 spiro atoms. The fourth-order valence-corrected chi connectivity index (χ4v) is 5.78. The Morgan fingerprint density at radius 3 is 2.26 bits per heavy atom. The Kier molecular flexibility index (Phi) is 3.04. The second-order valence-corrected chi connectivity index (χ2v) is 7.81. The highest BCUT2D eigenvalue weighted by atomic mass is 16.6. The number of carbonyl (C=O) groups is 3. The third-order valence-corrected chi connectivity index (χ3v) is 6.78. The van der Waals surface area contributed by atoms with Crippen molar-refractivity contribution < 1.29 is 24.4 Å². The fraction of sp³-hybridized carbons (Fsp3) is 0.500. The van der Waals surface area contributed by atoms with Crippen molar-refractivity contribution in [3.63, 3.8) is 0 Å². The van der Waals surface area contributed by atoms with Gasteiger partial charge in [0.05, 0.1) is 28.8 Å². The molecule has 1 aromatic carbocycles. The summed E-state index contributed by atoms with van der Waals surface area (Å²) in [7, 11) is 0. The number of anilines is 1. The molecule has 7 atom stereocenters. The van der Waals surface area contributed by atoms with Crippen molar-refractivity contribution in [1.29, 1.82) is 0 Å². The van der Waals surface area contributed by atoms with Crippen molar-refractivity contribution in [2.45, 2.75) is 31.5 Å². The van der Waals surface area contributed by atoms with E-state index >= 15 is 0 Å². The number of carboxylic acid groups (broad SMARTS) is 1. The molecule has 0 aromatic heterocycles. The lowest BCUT2D eigenvalue weighted by atomic mass is 9.81. The van der Waals surface area contributed by atoms with Crippen LogP contribution in [0.1, 0.15) is 13.3 Å². The van der Waals surface area contributed by atoms with E-state index in [4.69, 9.17) is 0 Å². The number of nitro groups is 1. The van der Waals surface area contributed by atoms with Crippen LogP contribution in [-0.4, -0.2) is 50.8 Å². The molecule has 9 heteroatoms. The summed E-state index contributed by atoms with van der Waals surface area (Å²) in [6.07, 6.45) is 0.745. The summed E-state index contributed by atoms with van der Waals surface area (Å²) in [5.41, 5.74) is 0.554. The van der Waals surface area contributed by atoms with Gasteiger partial charge in [0.2, 0.25) is 11.8 Å². The van der Waals surface area contributed by atoms with Gasteiger partial charge in [0, 0.05) is 6.07 Å². The van der Waals surface area contributed by atoms with Crippen LogP contribution in [0.25, 0.3) is 0 Å². The van der Waals surface area contributed by atoms with Gasteiger partial charge in [0.1, 0.15) is 11.7 Å². The molecule has 2 heterocycles. The second kappa shape index (κ2) is 5.05. The Morgan fingerprint density at radius 2 is 1.74 bits per heavy atom. The molecule has 2 aliphatic heterocycles. The molecule has 2 bridgehead atoms. The Bertz CT molecular complexity index is 882. The summed E-state index contributed by atoms with van der Waals surface area (Å²) < 4.78 is 0. The van der Waals surface area contributed by atoms with Crippen LogP contribution in [-0.2, 0) is 14.4 Å². The molecule has 140 valence electrons. The number of hydrogen-bond donors (Lipinski definition) is 1. The third-order valence-electron chi connectivity index (χ3n) is 6.78. The summed E-state index contributed by atoms with van der Waals surface area (Å²) in [5, 5.41) is 20.5. The molecular formula is C18H17N3O6. The number of hydrogen-bond acceptors (Lipinski definition) is 6. The first-order chi connectivity index (χ1) is 12.8. The van der Waals surface area contributed by atoms with Crippen LogP contribution in [0.4, 0.5) is 11.4 Å². The molecule has 1 aromatic rings. The van der Waals surface area contributed by atoms with Crippen LogP contribution >= 0.6 is 0 Å². The lowest BCUT2D eigenvalue weighted by Gasteiger charge is -2.23. The maximum atomic E-state index is 12.8. The fourth-order valence-electron chi connectivity index (χ4n) is 5.78. The van der Waals surface area contributed by atoms with E-state index in [1.54, 1.807) is 18.2 Å². The van der Waals surface area contributed by atoms with E-state index in [2.05, 4.69) is 0 Å². The zero-order valence-electron chi connectivity index (χ0n) is 14.4. The van der Waals surface area contributed by atoms with E-state index in [1.165, 1.54) is 13.0 Å². The summed E-state index contributed by atoms with van der Waals surface area (Å²) in [5.74, 6) is -3.13. The van der Waals surface area contributed by atoms with E-state index in [9.17, 15) is 29.6 Å². The average Bonchev–Trinajstić information content (AvgIpc) is 2.96. The number of aliphatic carboxylic acids is 1. The normalized spacial score (nSPS) is 36.6. The topological polar surface area (TPSA) is 121 Å². The van der Waals surface area contributed by atoms with Crippen LogP contribution in [0, 0.1) is 33.8 Å². The minimum absolute atomic E-state index is 0.00850. The first-order valence-corrected chi connectivity index (χ1v) is 8.96. The average molecular weight is 371 g/mol. The number of piperidine rings is 1. The smallest absolute Gasteiger partial charge is 0.326 e. The molecule has 2 aliphatic carbocycles. The quantitative estimate of drug-likeness (QED) is 0.361. The summed E-state index contributed by atoms with van der Waals surface area (Å²) in [4.78, 5) is 50.7. The highest BCUT2D eigenvalue weighted by Crippen LogP contribution is 2.66. The zero-order chi connectivity index (χ0) is 19.2. The largest absolute Gasteiger partial charge is 0.480 e. The Hall–Kier alpha value is -2.97. The van der Waals surface area contributed by atoms with Crippen molar-refractivity contribution in [3.05, 3.63) is 34.4 Å². The second-order valence-electron chi connectivity index (χ2n) is 7.81. The van der Waals surface area contributed by atoms with E-state index in [0.29, 0.717) is 5.69 Å². The van der Waals surface area contributed by atoms with E-state index in [-0.39, 0.29) is 29.6 Å². The lowest BCUT2D eigenvalue weighted by Crippen LogP contribution is -2.44.